The van der Waals surface area contributed by atoms with Gasteiger partial charge in [-0.2, -0.15) is 5.10 Å². The number of hydrogen-bond acceptors (Lipinski definition) is 5. The highest BCUT2D eigenvalue weighted by atomic mass is 79.9. The average Bonchev–Trinajstić information content (AvgIpc) is 2.91. The van der Waals surface area contributed by atoms with E-state index in [0.29, 0.717) is 16.0 Å². The predicted octanol–water partition coefficient (Wildman–Crippen LogP) is 1.20. The molecular weight excluding hydrogens is 380 g/mol. The molecule has 2 aromatic rings. The van der Waals surface area contributed by atoms with Crippen LogP contribution in [-0.4, -0.2) is 35.8 Å². The first kappa shape index (κ1) is 17.8. The Labute approximate surface area is 147 Å². The van der Waals surface area contributed by atoms with E-state index in [1.807, 2.05) is 0 Å². The van der Waals surface area contributed by atoms with Gasteiger partial charge in [0.25, 0.3) is 5.91 Å². The maximum Gasteiger partial charge on any atom is 0.291 e. The smallest absolute Gasteiger partial charge is 0.291 e. The van der Waals surface area contributed by atoms with Crippen molar-refractivity contribution in [1.82, 2.24) is 20.6 Å². The first-order valence-electron chi connectivity index (χ1n) is 6.93. The molecule has 2 rings (SSSR count). The molecule has 0 aliphatic carbocycles. The third-order valence-electron chi connectivity index (χ3n) is 3.13. The Hall–Kier alpha value is -2.55. The summed E-state index contributed by atoms with van der Waals surface area (Å²) in [5, 5.41) is 3.99. The van der Waals surface area contributed by atoms with Crippen molar-refractivity contribution < 1.29 is 19.1 Å². The Kier molecular flexibility index (Phi) is 5.80. The first-order valence-corrected chi connectivity index (χ1v) is 7.73. The fourth-order valence-corrected chi connectivity index (χ4v) is 2.57. The number of carbonyl (C=O) groups is 2. The van der Waals surface area contributed by atoms with Gasteiger partial charge in [-0.1, -0.05) is 6.07 Å². The molecule has 0 bridgehead atoms. The Morgan fingerprint density at radius 1 is 1.21 bits per heavy atom. The highest BCUT2D eigenvalue weighted by molar-refractivity contribution is 9.10. The largest absolute Gasteiger partial charge is 0.493 e. The Balaban J connectivity index is 1.94. The van der Waals surface area contributed by atoms with Crippen LogP contribution in [0, 0.1) is 0 Å². The zero-order valence-corrected chi connectivity index (χ0v) is 15.0. The van der Waals surface area contributed by atoms with E-state index in [2.05, 4.69) is 31.9 Å². The van der Waals surface area contributed by atoms with Crippen molar-refractivity contribution in [2.45, 2.75) is 6.42 Å². The van der Waals surface area contributed by atoms with Crippen molar-refractivity contribution in [2.24, 2.45) is 7.05 Å². The lowest BCUT2D eigenvalue weighted by Crippen LogP contribution is -2.42. The molecular formula is C15H17BrN4O4. The van der Waals surface area contributed by atoms with E-state index in [-0.39, 0.29) is 18.0 Å². The van der Waals surface area contributed by atoms with Crippen LogP contribution in [0.3, 0.4) is 0 Å². The van der Waals surface area contributed by atoms with E-state index in [9.17, 15) is 9.59 Å². The van der Waals surface area contributed by atoms with Crippen LogP contribution in [0.2, 0.25) is 0 Å². The Morgan fingerprint density at radius 3 is 2.50 bits per heavy atom. The van der Waals surface area contributed by atoms with Gasteiger partial charge in [-0.15, -0.1) is 0 Å². The van der Waals surface area contributed by atoms with Crippen LogP contribution in [-0.2, 0) is 18.3 Å². The quantitative estimate of drug-likeness (QED) is 0.740. The van der Waals surface area contributed by atoms with Gasteiger partial charge in [-0.25, -0.2) is 0 Å². The number of methoxy groups -OCH3 is 2. The van der Waals surface area contributed by atoms with Crippen LogP contribution in [0.5, 0.6) is 11.5 Å². The molecule has 0 aliphatic heterocycles. The average molecular weight is 397 g/mol. The number of amides is 2. The Bertz CT molecular complexity index is 760. The van der Waals surface area contributed by atoms with Crippen molar-refractivity contribution in [1.29, 1.82) is 0 Å². The minimum Gasteiger partial charge on any atom is -0.493 e. The summed E-state index contributed by atoms with van der Waals surface area (Å²) in [6.45, 7) is 0. The minimum atomic E-state index is -0.511. The number of benzene rings is 1. The highest BCUT2D eigenvalue weighted by Crippen LogP contribution is 2.27. The van der Waals surface area contributed by atoms with Gasteiger partial charge in [-0.3, -0.25) is 25.1 Å². The Morgan fingerprint density at radius 2 is 1.92 bits per heavy atom. The van der Waals surface area contributed by atoms with E-state index >= 15 is 0 Å². The predicted molar refractivity (Wildman–Crippen MR) is 89.8 cm³/mol. The second-order valence-electron chi connectivity index (χ2n) is 4.87. The summed E-state index contributed by atoms with van der Waals surface area (Å²) >= 11 is 3.23. The molecule has 0 atom stereocenters. The molecule has 0 saturated carbocycles. The monoisotopic (exact) mass is 396 g/mol. The molecule has 9 heteroatoms. The maximum atomic E-state index is 12.0. The van der Waals surface area contributed by atoms with Crippen LogP contribution in [0.15, 0.2) is 28.9 Å². The second-order valence-corrected chi connectivity index (χ2v) is 5.72. The molecule has 0 unspecified atom stereocenters. The van der Waals surface area contributed by atoms with Crippen molar-refractivity contribution in [3.8, 4) is 11.5 Å². The fraction of sp³-hybridized carbons (Fsp3) is 0.267. The van der Waals surface area contributed by atoms with Crippen molar-refractivity contribution >= 4 is 27.7 Å². The lowest BCUT2D eigenvalue weighted by atomic mass is 10.1. The van der Waals surface area contributed by atoms with Gasteiger partial charge in [0.1, 0.15) is 0 Å². The highest BCUT2D eigenvalue weighted by Gasteiger charge is 2.15. The van der Waals surface area contributed by atoms with Gasteiger partial charge < -0.3 is 9.47 Å². The number of rotatable bonds is 5. The minimum absolute atomic E-state index is 0.0734. The number of carbonyl (C=O) groups excluding carboxylic acids is 2. The molecule has 0 aliphatic rings. The third kappa shape index (κ3) is 4.25. The standard InChI is InChI=1S/C15H17BrN4O4/c1-20-8-10(16)14(19-20)15(22)18-17-13(21)7-9-4-5-11(23-2)12(6-9)24-3/h4-6,8H,7H2,1-3H3,(H,17,21)(H,18,22). The molecule has 0 saturated heterocycles. The maximum absolute atomic E-state index is 12.0. The van der Waals surface area contributed by atoms with Crippen LogP contribution >= 0.6 is 15.9 Å². The number of aromatic nitrogens is 2. The molecule has 1 aromatic heterocycles. The topological polar surface area (TPSA) is 94.5 Å². The number of aryl methyl sites for hydroxylation is 1. The van der Waals surface area contributed by atoms with Gasteiger partial charge in [0.2, 0.25) is 5.91 Å². The van der Waals surface area contributed by atoms with E-state index in [0.717, 1.165) is 5.56 Å². The molecule has 8 nitrogen and oxygen atoms in total. The number of nitrogens with zero attached hydrogens (tertiary/aromatic N) is 2. The SMILES string of the molecule is COc1ccc(CC(=O)NNC(=O)c2nn(C)cc2Br)cc1OC. The molecule has 0 radical (unpaired) electrons. The van der Waals surface area contributed by atoms with Gasteiger partial charge in [0.05, 0.1) is 25.1 Å². The number of hydrogen-bond donors (Lipinski definition) is 2. The summed E-state index contributed by atoms with van der Waals surface area (Å²) in [6.07, 6.45) is 1.71. The summed E-state index contributed by atoms with van der Waals surface area (Å²) < 4.78 is 12.4. The molecule has 2 N–H and O–H groups in total. The third-order valence-corrected chi connectivity index (χ3v) is 3.71. The second kappa shape index (κ2) is 7.82. The van der Waals surface area contributed by atoms with Crippen LogP contribution in [0.4, 0.5) is 0 Å². The van der Waals surface area contributed by atoms with Gasteiger partial charge >= 0.3 is 0 Å². The summed E-state index contributed by atoms with van der Waals surface area (Å²) in [6, 6.07) is 5.17. The molecule has 0 spiro atoms. The van der Waals surface area contributed by atoms with Crippen LogP contribution < -0.4 is 20.3 Å². The van der Waals surface area contributed by atoms with E-state index in [4.69, 9.17) is 9.47 Å². The molecule has 0 fully saturated rings. The van der Waals surface area contributed by atoms with Gasteiger partial charge in [0.15, 0.2) is 17.2 Å². The van der Waals surface area contributed by atoms with Gasteiger partial charge in [0, 0.05) is 13.2 Å². The lowest BCUT2D eigenvalue weighted by molar-refractivity contribution is -0.121. The summed E-state index contributed by atoms with van der Waals surface area (Å²) in [4.78, 5) is 23.9. The summed E-state index contributed by atoms with van der Waals surface area (Å²) in [5.74, 6) is 0.227. The number of halogens is 1. The molecule has 2 amide bonds. The lowest BCUT2D eigenvalue weighted by Gasteiger charge is -2.10. The summed E-state index contributed by atoms with van der Waals surface area (Å²) in [7, 11) is 4.75. The zero-order chi connectivity index (χ0) is 17.7. The fourth-order valence-electron chi connectivity index (χ4n) is 2.02. The zero-order valence-electron chi connectivity index (χ0n) is 13.4. The number of ether oxygens (including phenoxy) is 2. The first-order chi connectivity index (χ1) is 11.4. The molecule has 1 heterocycles. The molecule has 24 heavy (non-hydrogen) atoms. The molecule has 128 valence electrons. The van der Waals surface area contributed by atoms with Crippen molar-refractivity contribution in [3.05, 3.63) is 40.1 Å². The van der Waals surface area contributed by atoms with E-state index in [1.165, 1.54) is 18.9 Å². The van der Waals surface area contributed by atoms with Crippen molar-refractivity contribution in [2.75, 3.05) is 14.2 Å². The van der Waals surface area contributed by atoms with Gasteiger partial charge in [-0.05, 0) is 33.6 Å². The van der Waals surface area contributed by atoms with E-state index in [1.54, 1.807) is 31.4 Å². The van der Waals surface area contributed by atoms with Crippen molar-refractivity contribution in [3.63, 3.8) is 0 Å². The number of hydrazine groups is 1. The molecule has 1 aromatic carbocycles. The summed E-state index contributed by atoms with van der Waals surface area (Å²) in [5.41, 5.74) is 5.58. The van der Waals surface area contributed by atoms with E-state index < -0.39 is 5.91 Å². The number of nitrogens with one attached hydrogen (secondary N) is 2. The van der Waals surface area contributed by atoms with Crippen LogP contribution in [0.25, 0.3) is 0 Å². The van der Waals surface area contributed by atoms with Crippen LogP contribution in [0.1, 0.15) is 16.1 Å². The normalized spacial score (nSPS) is 10.2.